The van der Waals surface area contributed by atoms with E-state index < -0.39 is 0 Å². The molecule has 0 radical (unpaired) electrons. The van der Waals surface area contributed by atoms with E-state index in [-0.39, 0.29) is 0 Å². The summed E-state index contributed by atoms with van der Waals surface area (Å²) in [5.74, 6) is 0. The Bertz CT molecular complexity index is 315. The Morgan fingerprint density at radius 2 is 2.18 bits per heavy atom. The molecule has 0 aromatic carbocycles. The zero-order valence-corrected chi connectivity index (χ0v) is 12.4. The van der Waals surface area contributed by atoms with E-state index in [2.05, 4.69) is 23.7 Å². The molecular weight excluding hydrogens is 256 g/mol. The molecule has 3 nitrogen and oxygen atoms in total. The Kier molecular flexibility index (Phi) is 7.04. The molecule has 0 saturated carbocycles. The lowest BCUT2D eigenvalue weighted by molar-refractivity contribution is 0.111. The Morgan fingerprint density at radius 1 is 1.47 bits per heavy atom. The van der Waals surface area contributed by atoms with Crippen molar-refractivity contribution in [1.29, 1.82) is 0 Å². The molecule has 0 atom stereocenters. The van der Waals surface area contributed by atoms with Crippen molar-refractivity contribution >= 4 is 22.9 Å². The van der Waals surface area contributed by atoms with Gasteiger partial charge < -0.3 is 4.74 Å². The Hall–Kier alpha value is -0.160. The molecule has 0 spiro atoms. The highest BCUT2D eigenvalue weighted by Crippen LogP contribution is 2.21. The molecule has 1 aromatic heterocycles. The fourth-order valence-corrected chi connectivity index (χ4v) is 2.96. The topological polar surface area (TPSA) is 25.4 Å². The van der Waals surface area contributed by atoms with Gasteiger partial charge in [-0.15, -0.1) is 11.3 Å². The lowest BCUT2D eigenvalue weighted by Gasteiger charge is -2.29. The summed E-state index contributed by atoms with van der Waals surface area (Å²) in [6.45, 7) is 7.10. The third-order valence-electron chi connectivity index (χ3n) is 2.93. The molecule has 0 bridgehead atoms. The second kappa shape index (κ2) is 8.03. The van der Waals surface area contributed by atoms with Crippen LogP contribution in [0.2, 0.25) is 4.47 Å². The first-order chi connectivity index (χ1) is 8.21. The van der Waals surface area contributed by atoms with E-state index in [4.69, 9.17) is 16.3 Å². The van der Waals surface area contributed by atoms with Gasteiger partial charge in [0.1, 0.15) is 0 Å². The van der Waals surface area contributed by atoms with Crippen LogP contribution in [-0.2, 0) is 11.3 Å². The number of thiazole rings is 1. The van der Waals surface area contributed by atoms with Gasteiger partial charge in [0.05, 0.1) is 6.61 Å². The number of aromatic nitrogens is 1. The largest absolute Gasteiger partial charge is 0.383 e. The molecule has 0 amide bonds. The van der Waals surface area contributed by atoms with Crippen LogP contribution >= 0.6 is 22.9 Å². The first-order valence-corrected chi connectivity index (χ1v) is 7.23. The van der Waals surface area contributed by atoms with Gasteiger partial charge in [-0.05, 0) is 12.8 Å². The highest BCUT2D eigenvalue weighted by atomic mass is 35.5. The summed E-state index contributed by atoms with van der Waals surface area (Å²) in [6.07, 6.45) is 4.19. The molecule has 17 heavy (non-hydrogen) atoms. The minimum absolute atomic E-state index is 0.603. The molecule has 0 fully saturated rings. The average Bonchev–Trinajstić information content (AvgIpc) is 2.73. The van der Waals surface area contributed by atoms with Crippen LogP contribution in [0.15, 0.2) is 6.20 Å². The molecule has 1 aromatic rings. The molecular formula is C12H21ClN2OS. The minimum Gasteiger partial charge on any atom is -0.383 e. The van der Waals surface area contributed by atoms with Gasteiger partial charge in [-0.3, -0.25) is 4.90 Å². The van der Waals surface area contributed by atoms with Crippen LogP contribution in [0.25, 0.3) is 0 Å². The molecule has 5 heteroatoms. The van der Waals surface area contributed by atoms with Crippen molar-refractivity contribution in [2.75, 3.05) is 20.3 Å². The maximum atomic E-state index is 5.86. The first kappa shape index (κ1) is 14.9. The third-order valence-corrected chi connectivity index (χ3v) is 4.03. The molecule has 1 heterocycles. The molecule has 98 valence electrons. The molecule has 0 aliphatic heterocycles. The van der Waals surface area contributed by atoms with Gasteiger partial charge in [-0.1, -0.05) is 25.4 Å². The van der Waals surface area contributed by atoms with Gasteiger partial charge in [0.2, 0.25) is 0 Å². The molecule has 0 N–H and O–H groups in total. The summed E-state index contributed by atoms with van der Waals surface area (Å²) in [6, 6.07) is 0.603. The van der Waals surface area contributed by atoms with Crippen molar-refractivity contribution < 1.29 is 4.74 Å². The Labute approximate surface area is 113 Å². The van der Waals surface area contributed by atoms with Crippen molar-refractivity contribution in [1.82, 2.24) is 9.88 Å². The molecule has 0 saturated heterocycles. The number of methoxy groups -OCH3 is 1. The van der Waals surface area contributed by atoms with Crippen LogP contribution < -0.4 is 0 Å². The SMILES string of the molecule is CCC(CC)N(CCOC)Cc1cnc(Cl)s1. The van der Waals surface area contributed by atoms with Crippen LogP contribution in [0.5, 0.6) is 0 Å². The van der Waals surface area contributed by atoms with Gasteiger partial charge in [0.15, 0.2) is 4.47 Å². The first-order valence-electron chi connectivity index (χ1n) is 6.04. The Morgan fingerprint density at radius 3 is 2.65 bits per heavy atom. The molecule has 0 unspecified atom stereocenters. The van der Waals surface area contributed by atoms with Crippen molar-refractivity contribution in [3.63, 3.8) is 0 Å². The lowest BCUT2D eigenvalue weighted by Crippen LogP contribution is -2.36. The van der Waals surface area contributed by atoms with Gasteiger partial charge in [0, 0.05) is 37.3 Å². The standard InChI is InChI=1S/C12H21ClN2OS/c1-4-10(5-2)15(6-7-16-3)9-11-8-14-12(13)17-11/h8,10H,4-7,9H2,1-3H3. The summed E-state index contributed by atoms with van der Waals surface area (Å²) >= 11 is 7.42. The summed E-state index contributed by atoms with van der Waals surface area (Å²) in [7, 11) is 1.74. The number of hydrogen-bond acceptors (Lipinski definition) is 4. The van der Waals surface area contributed by atoms with E-state index >= 15 is 0 Å². The van der Waals surface area contributed by atoms with Crippen molar-refractivity contribution in [2.24, 2.45) is 0 Å². The average molecular weight is 277 g/mol. The quantitative estimate of drug-likeness (QED) is 0.727. The minimum atomic E-state index is 0.603. The monoisotopic (exact) mass is 276 g/mol. The summed E-state index contributed by atoms with van der Waals surface area (Å²) in [5, 5.41) is 0. The van der Waals surface area contributed by atoms with Crippen molar-refractivity contribution in [2.45, 2.75) is 39.3 Å². The van der Waals surface area contributed by atoms with E-state index in [1.807, 2.05) is 6.20 Å². The van der Waals surface area contributed by atoms with Crippen LogP contribution in [0.1, 0.15) is 31.6 Å². The zero-order chi connectivity index (χ0) is 12.7. The van der Waals surface area contributed by atoms with Crippen molar-refractivity contribution in [3.8, 4) is 0 Å². The highest BCUT2D eigenvalue weighted by molar-refractivity contribution is 7.15. The van der Waals surface area contributed by atoms with E-state index in [1.54, 1.807) is 18.4 Å². The molecule has 0 aliphatic carbocycles. The van der Waals surface area contributed by atoms with Gasteiger partial charge in [-0.25, -0.2) is 4.98 Å². The van der Waals surface area contributed by atoms with E-state index in [0.29, 0.717) is 10.5 Å². The molecule has 1 rings (SSSR count). The number of hydrogen-bond donors (Lipinski definition) is 0. The fourth-order valence-electron chi connectivity index (χ4n) is 1.96. The highest BCUT2D eigenvalue weighted by Gasteiger charge is 2.16. The second-order valence-corrected chi connectivity index (χ2v) is 5.71. The normalized spacial score (nSPS) is 11.6. The van der Waals surface area contributed by atoms with Crippen LogP contribution in [-0.4, -0.2) is 36.2 Å². The lowest BCUT2D eigenvalue weighted by atomic mass is 10.1. The smallest absolute Gasteiger partial charge is 0.183 e. The second-order valence-electron chi connectivity index (χ2n) is 4.01. The number of halogens is 1. The Balaban J connectivity index is 2.61. The van der Waals surface area contributed by atoms with E-state index in [0.717, 1.165) is 32.5 Å². The summed E-state index contributed by atoms with van der Waals surface area (Å²) in [5.41, 5.74) is 0. The van der Waals surface area contributed by atoms with Gasteiger partial charge in [-0.2, -0.15) is 0 Å². The number of rotatable bonds is 8. The van der Waals surface area contributed by atoms with Gasteiger partial charge in [0.25, 0.3) is 0 Å². The van der Waals surface area contributed by atoms with Crippen LogP contribution in [0.4, 0.5) is 0 Å². The van der Waals surface area contributed by atoms with Crippen LogP contribution in [0.3, 0.4) is 0 Å². The van der Waals surface area contributed by atoms with Crippen LogP contribution in [0, 0.1) is 0 Å². The summed E-state index contributed by atoms with van der Waals surface area (Å²) < 4.78 is 5.80. The molecule has 0 aliphatic rings. The summed E-state index contributed by atoms with van der Waals surface area (Å²) in [4.78, 5) is 7.76. The number of ether oxygens (including phenoxy) is 1. The van der Waals surface area contributed by atoms with Gasteiger partial charge >= 0.3 is 0 Å². The van der Waals surface area contributed by atoms with Crippen molar-refractivity contribution in [3.05, 3.63) is 15.5 Å². The maximum Gasteiger partial charge on any atom is 0.183 e. The van der Waals surface area contributed by atoms with E-state index in [9.17, 15) is 0 Å². The number of nitrogens with zero attached hydrogens (tertiary/aromatic N) is 2. The zero-order valence-electron chi connectivity index (χ0n) is 10.8. The predicted molar refractivity (Wildman–Crippen MR) is 73.8 cm³/mol. The third kappa shape index (κ3) is 4.92. The fraction of sp³-hybridized carbons (Fsp3) is 0.750. The maximum absolute atomic E-state index is 5.86. The predicted octanol–water partition coefficient (Wildman–Crippen LogP) is 3.43. The van der Waals surface area contributed by atoms with E-state index in [1.165, 1.54) is 4.88 Å².